The number of nitrogens with one attached hydrogen (secondary N) is 1. The van der Waals surface area contributed by atoms with Crippen molar-refractivity contribution in [3.05, 3.63) is 35.9 Å². The minimum atomic E-state index is 0.857. The summed E-state index contributed by atoms with van der Waals surface area (Å²) in [7, 11) is 0. The van der Waals surface area contributed by atoms with Crippen LogP contribution < -0.4 is 5.32 Å². The van der Waals surface area contributed by atoms with Crippen LogP contribution in [0.3, 0.4) is 0 Å². The van der Waals surface area contributed by atoms with Crippen molar-refractivity contribution in [2.75, 3.05) is 11.9 Å². The standard InChI is InChI=1S/C12H16N4/c1-4-14-12-15-10(3)8-16(12)11-7-13-6-5-9(11)2/h5-8H,4H2,1-3H3,(H,14,15). The van der Waals surface area contributed by atoms with Crippen LogP contribution in [0, 0.1) is 13.8 Å². The largest absolute Gasteiger partial charge is 0.356 e. The first-order valence-corrected chi connectivity index (χ1v) is 5.43. The Kier molecular flexibility index (Phi) is 2.90. The normalized spacial score (nSPS) is 10.4. The molecule has 0 aliphatic rings. The van der Waals surface area contributed by atoms with E-state index in [1.807, 2.05) is 30.0 Å². The highest BCUT2D eigenvalue weighted by molar-refractivity contribution is 5.45. The van der Waals surface area contributed by atoms with Gasteiger partial charge in [0.1, 0.15) is 0 Å². The molecule has 0 amide bonds. The molecular formula is C12H16N4. The van der Waals surface area contributed by atoms with Crippen LogP contribution in [0.25, 0.3) is 5.69 Å². The van der Waals surface area contributed by atoms with Crippen LogP contribution in [-0.4, -0.2) is 21.1 Å². The SMILES string of the molecule is CCNc1nc(C)cn1-c1cnccc1C. The van der Waals surface area contributed by atoms with Gasteiger partial charge in [-0.2, -0.15) is 0 Å². The molecule has 2 aromatic heterocycles. The molecule has 4 nitrogen and oxygen atoms in total. The predicted octanol–water partition coefficient (Wildman–Crippen LogP) is 2.32. The molecule has 0 radical (unpaired) electrons. The summed E-state index contributed by atoms with van der Waals surface area (Å²) in [4.78, 5) is 8.60. The van der Waals surface area contributed by atoms with Gasteiger partial charge >= 0.3 is 0 Å². The van der Waals surface area contributed by atoms with Crippen LogP contribution in [0.1, 0.15) is 18.2 Å². The lowest BCUT2D eigenvalue weighted by Crippen LogP contribution is -2.06. The van der Waals surface area contributed by atoms with Crippen molar-refractivity contribution in [1.82, 2.24) is 14.5 Å². The van der Waals surface area contributed by atoms with Crippen molar-refractivity contribution in [2.24, 2.45) is 0 Å². The monoisotopic (exact) mass is 216 g/mol. The molecule has 0 bridgehead atoms. The molecule has 84 valence electrons. The summed E-state index contributed by atoms with van der Waals surface area (Å²) in [5.41, 5.74) is 3.25. The maximum Gasteiger partial charge on any atom is 0.207 e. The first-order valence-electron chi connectivity index (χ1n) is 5.43. The molecule has 0 spiro atoms. The summed E-state index contributed by atoms with van der Waals surface area (Å²) in [6.07, 6.45) is 5.68. The third-order valence-corrected chi connectivity index (χ3v) is 2.43. The zero-order chi connectivity index (χ0) is 11.5. The number of nitrogens with zero attached hydrogens (tertiary/aromatic N) is 3. The fourth-order valence-electron chi connectivity index (χ4n) is 1.67. The molecular weight excluding hydrogens is 200 g/mol. The zero-order valence-corrected chi connectivity index (χ0v) is 9.86. The second-order valence-corrected chi connectivity index (χ2v) is 3.77. The highest BCUT2D eigenvalue weighted by Gasteiger charge is 2.08. The van der Waals surface area contributed by atoms with Gasteiger partial charge in [-0.1, -0.05) is 0 Å². The van der Waals surface area contributed by atoms with E-state index in [0.29, 0.717) is 0 Å². The van der Waals surface area contributed by atoms with Crippen LogP contribution in [0.2, 0.25) is 0 Å². The fraction of sp³-hybridized carbons (Fsp3) is 0.333. The van der Waals surface area contributed by atoms with Crippen molar-refractivity contribution >= 4 is 5.95 Å². The maximum absolute atomic E-state index is 4.44. The molecule has 2 rings (SSSR count). The van der Waals surface area contributed by atoms with Crippen LogP contribution in [0.4, 0.5) is 5.95 Å². The Bertz CT molecular complexity index is 488. The van der Waals surface area contributed by atoms with E-state index >= 15 is 0 Å². The number of anilines is 1. The van der Waals surface area contributed by atoms with Gasteiger partial charge in [0.25, 0.3) is 0 Å². The van der Waals surface area contributed by atoms with Crippen molar-refractivity contribution < 1.29 is 0 Å². The van der Waals surface area contributed by atoms with E-state index in [1.165, 1.54) is 5.56 Å². The highest BCUT2D eigenvalue weighted by atomic mass is 15.2. The molecule has 2 aromatic rings. The molecule has 2 heterocycles. The first kappa shape index (κ1) is 10.7. The number of hydrogen-bond donors (Lipinski definition) is 1. The van der Waals surface area contributed by atoms with Gasteiger partial charge in [-0.15, -0.1) is 0 Å². The molecule has 0 saturated carbocycles. The second kappa shape index (κ2) is 4.35. The summed E-state index contributed by atoms with van der Waals surface area (Å²) in [6, 6.07) is 2.00. The summed E-state index contributed by atoms with van der Waals surface area (Å²) in [5, 5.41) is 3.25. The lowest BCUT2D eigenvalue weighted by molar-refractivity contribution is 0.998. The molecule has 0 fully saturated rings. The third kappa shape index (κ3) is 1.91. The van der Waals surface area contributed by atoms with Gasteiger partial charge in [0, 0.05) is 18.9 Å². The Labute approximate surface area is 95.4 Å². The molecule has 4 heteroatoms. The van der Waals surface area contributed by atoms with Crippen molar-refractivity contribution in [1.29, 1.82) is 0 Å². The van der Waals surface area contributed by atoms with E-state index in [2.05, 4.69) is 29.1 Å². The van der Waals surface area contributed by atoms with Gasteiger partial charge in [0.2, 0.25) is 5.95 Å². The molecule has 0 saturated heterocycles. The first-order chi connectivity index (χ1) is 7.72. The van der Waals surface area contributed by atoms with Crippen LogP contribution in [-0.2, 0) is 0 Å². The Morgan fingerprint density at radius 2 is 2.19 bits per heavy atom. The van der Waals surface area contributed by atoms with E-state index in [9.17, 15) is 0 Å². The van der Waals surface area contributed by atoms with Crippen LogP contribution in [0.15, 0.2) is 24.7 Å². The molecule has 1 N–H and O–H groups in total. The van der Waals surface area contributed by atoms with Gasteiger partial charge < -0.3 is 5.32 Å². The van der Waals surface area contributed by atoms with Crippen LogP contribution in [0.5, 0.6) is 0 Å². The number of aryl methyl sites for hydroxylation is 2. The Hall–Kier alpha value is -1.84. The number of aromatic nitrogens is 3. The number of hydrogen-bond acceptors (Lipinski definition) is 3. The molecule has 0 aromatic carbocycles. The van der Waals surface area contributed by atoms with E-state index in [1.54, 1.807) is 6.20 Å². The number of rotatable bonds is 3. The average Bonchev–Trinajstić information content (AvgIpc) is 2.61. The smallest absolute Gasteiger partial charge is 0.207 e. The molecule has 16 heavy (non-hydrogen) atoms. The van der Waals surface area contributed by atoms with Crippen molar-refractivity contribution in [3.63, 3.8) is 0 Å². The lowest BCUT2D eigenvalue weighted by atomic mass is 10.2. The van der Waals surface area contributed by atoms with Gasteiger partial charge in [-0.3, -0.25) is 9.55 Å². The molecule has 0 atom stereocenters. The minimum absolute atomic E-state index is 0.857. The van der Waals surface area contributed by atoms with E-state index in [4.69, 9.17) is 0 Å². The van der Waals surface area contributed by atoms with E-state index < -0.39 is 0 Å². The Balaban J connectivity index is 2.51. The predicted molar refractivity (Wildman–Crippen MR) is 65.0 cm³/mol. The van der Waals surface area contributed by atoms with Gasteiger partial charge in [0.15, 0.2) is 0 Å². The third-order valence-electron chi connectivity index (χ3n) is 2.43. The maximum atomic E-state index is 4.44. The van der Waals surface area contributed by atoms with Crippen molar-refractivity contribution in [3.8, 4) is 5.69 Å². The van der Waals surface area contributed by atoms with Crippen molar-refractivity contribution in [2.45, 2.75) is 20.8 Å². The van der Waals surface area contributed by atoms with E-state index in [-0.39, 0.29) is 0 Å². The summed E-state index contributed by atoms with van der Waals surface area (Å²) in [6.45, 7) is 6.98. The number of pyridine rings is 1. The van der Waals surface area contributed by atoms with E-state index in [0.717, 1.165) is 23.9 Å². The molecule has 0 aliphatic carbocycles. The second-order valence-electron chi connectivity index (χ2n) is 3.77. The molecule has 0 unspecified atom stereocenters. The van der Waals surface area contributed by atoms with Gasteiger partial charge in [-0.25, -0.2) is 4.98 Å². The lowest BCUT2D eigenvalue weighted by Gasteiger charge is -2.09. The Morgan fingerprint density at radius 3 is 2.88 bits per heavy atom. The molecule has 0 aliphatic heterocycles. The highest BCUT2D eigenvalue weighted by Crippen LogP contribution is 2.18. The van der Waals surface area contributed by atoms with Gasteiger partial charge in [-0.05, 0) is 32.4 Å². The zero-order valence-electron chi connectivity index (χ0n) is 9.86. The van der Waals surface area contributed by atoms with Gasteiger partial charge in [0.05, 0.1) is 17.6 Å². The summed E-state index contributed by atoms with van der Waals surface area (Å²) in [5.74, 6) is 0.871. The quantitative estimate of drug-likeness (QED) is 0.856. The Morgan fingerprint density at radius 1 is 1.38 bits per heavy atom. The van der Waals surface area contributed by atoms with Crippen LogP contribution >= 0.6 is 0 Å². The number of imidazole rings is 1. The summed E-state index contributed by atoms with van der Waals surface area (Å²) < 4.78 is 2.04. The summed E-state index contributed by atoms with van der Waals surface area (Å²) >= 11 is 0. The topological polar surface area (TPSA) is 42.7 Å². The minimum Gasteiger partial charge on any atom is -0.356 e. The average molecular weight is 216 g/mol. The fourth-order valence-corrected chi connectivity index (χ4v) is 1.67.